The summed E-state index contributed by atoms with van der Waals surface area (Å²) in [5.74, 6) is 0.140. The minimum absolute atomic E-state index is 0.0576. The number of carbonyl (C=O) groups is 2. The molecule has 0 radical (unpaired) electrons. The first kappa shape index (κ1) is 14.6. The van der Waals surface area contributed by atoms with Gasteiger partial charge in [-0.1, -0.05) is 18.2 Å². The summed E-state index contributed by atoms with van der Waals surface area (Å²) in [4.78, 5) is 28.0. The molecule has 0 atom stereocenters. The van der Waals surface area contributed by atoms with E-state index < -0.39 is 0 Å². The Morgan fingerprint density at radius 1 is 1.00 bits per heavy atom. The fraction of sp³-hybridized carbons (Fsp3) is 0.412. The van der Waals surface area contributed by atoms with Crippen LogP contribution < -0.4 is 0 Å². The molecule has 1 fully saturated rings. The van der Waals surface area contributed by atoms with Crippen molar-refractivity contribution in [2.24, 2.45) is 7.05 Å². The molecule has 2 amide bonds. The number of amides is 2. The van der Waals surface area contributed by atoms with Gasteiger partial charge in [-0.25, -0.2) is 0 Å². The van der Waals surface area contributed by atoms with Crippen LogP contribution in [0.15, 0.2) is 30.5 Å². The van der Waals surface area contributed by atoms with Crippen LogP contribution in [0.5, 0.6) is 0 Å². The fourth-order valence-corrected chi connectivity index (χ4v) is 3.12. The summed E-state index contributed by atoms with van der Waals surface area (Å²) in [7, 11) is 1.96. The van der Waals surface area contributed by atoms with Crippen LogP contribution in [0.25, 0.3) is 10.9 Å². The van der Waals surface area contributed by atoms with E-state index in [1.54, 1.807) is 6.92 Å². The van der Waals surface area contributed by atoms with Crippen LogP contribution in [0, 0.1) is 0 Å². The highest BCUT2D eigenvalue weighted by molar-refractivity contribution is 6.07. The lowest BCUT2D eigenvalue weighted by molar-refractivity contribution is -0.128. The molecule has 1 saturated heterocycles. The number of aromatic nitrogens is 1. The fourth-order valence-electron chi connectivity index (χ4n) is 3.12. The number of fused-ring (bicyclic) bond motifs is 1. The van der Waals surface area contributed by atoms with Crippen LogP contribution >= 0.6 is 0 Å². The first-order valence-electron chi connectivity index (χ1n) is 7.67. The molecular weight excluding hydrogens is 278 g/mol. The first-order valence-corrected chi connectivity index (χ1v) is 7.67. The molecule has 0 N–H and O–H groups in total. The Morgan fingerprint density at radius 3 is 2.45 bits per heavy atom. The van der Waals surface area contributed by atoms with Gasteiger partial charge in [0.05, 0.1) is 5.56 Å². The average Bonchev–Trinajstić information content (AvgIpc) is 2.71. The molecular formula is C17H21N3O2. The van der Waals surface area contributed by atoms with Crippen molar-refractivity contribution in [3.05, 3.63) is 36.0 Å². The highest BCUT2D eigenvalue weighted by Crippen LogP contribution is 2.22. The topological polar surface area (TPSA) is 45.6 Å². The van der Waals surface area contributed by atoms with Gasteiger partial charge in [0, 0.05) is 57.3 Å². The van der Waals surface area contributed by atoms with Gasteiger partial charge >= 0.3 is 0 Å². The molecule has 0 saturated carbocycles. The molecule has 0 bridgehead atoms. The van der Waals surface area contributed by atoms with Crippen LogP contribution in [-0.2, 0) is 11.8 Å². The zero-order valence-electron chi connectivity index (χ0n) is 13.1. The summed E-state index contributed by atoms with van der Waals surface area (Å²) in [6.07, 6.45) is 2.73. The van der Waals surface area contributed by atoms with Crippen molar-refractivity contribution < 1.29 is 9.59 Å². The number of carbonyl (C=O) groups excluding carboxylic acids is 2. The van der Waals surface area contributed by atoms with Crippen molar-refractivity contribution in [2.45, 2.75) is 13.3 Å². The van der Waals surface area contributed by atoms with Gasteiger partial charge in [0.15, 0.2) is 0 Å². The monoisotopic (exact) mass is 299 g/mol. The van der Waals surface area contributed by atoms with Gasteiger partial charge in [-0.2, -0.15) is 0 Å². The quantitative estimate of drug-likeness (QED) is 0.807. The van der Waals surface area contributed by atoms with Gasteiger partial charge in [0.25, 0.3) is 5.91 Å². The minimum Gasteiger partial charge on any atom is -0.350 e. The number of rotatable bonds is 1. The van der Waals surface area contributed by atoms with Crippen LogP contribution in [0.4, 0.5) is 0 Å². The number of nitrogens with zero attached hydrogens (tertiary/aromatic N) is 3. The van der Waals surface area contributed by atoms with E-state index in [1.807, 2.05) is 51.9 Å². The van der Waals surface area contributed by atoms with E-state index in [-0.39, 0.29) is 11.8 Å². The largest absolute Gasteiger partial charge is 0.350 e. The van der Waals surface area contributed by atoms with Gasteiger partial charge in [0.2, 0.25) is 5.91 Å². The third-order valence-electron chi connectivity index (χ3n) is 4.36. The van der Waals surface area contributed by atoms with Crippen molar-refractivity contribution in [1.82, 2.24) is 14.4 Å². The lowest BCUT2D eigenvalue weighted by atomic mass is 10.1. The van der Waals surface area contributed by atoms with E-state index in [2.05, 4.69) is 0 Å². The molecule has 0 unspecified atom stereocenters. The average molecular weight is 299 g/mol. The molecule has 0 spiro atoms. The standard InChI is InChI=1S/C17H21N3O2/c1-13(21)19-8-5-9-20(11-10-19)17(22)15-12-18(2)16-7-4-3-6-14(15)16/h3-4,6-7,12H,5,8-11H2,1-2H3. The molecule has 1 aromatic carbocycles. The Hall–Kier alpha value is -2.30. The summed E-state index contributed by atoms with van der Waals surface area (Å²) >= 11 is 0. The molecule has 1 aromatic heterocycles. The first-order chi connectivity index (χ1) is 10.6. The lowest BCUT2D eigenvalue weighted by Crippen LogP contribution is -2.36. The number of para-hydroxylation sites is 1. The summed E-state index contributed by atoms with van der Waals surface area (Å²) in [5, 5.41) is 0.989. The molecule has 5 nitrogen and oxygen atoms in total. The lowest BCUT2D eigenvalue weighted by Gasteiger charge is -2.21. The maximum Gasteiger partial charge on any atom is 0.256 e. The Labute approximate surface area is 130 Å². The van der Waals surface area contributed by atoms with Gasteiger partial charge in [-0.05, 0) is 12.5 Å². The predicted molar refractivity (Wildman–Crippen MR) is 85.7 cm³/mol. The van der Waals surface area contributed by atoms with Crippen molar-refractivity contribution >= 4 is 22.7 Å². The summed E-state index contributed by atoms with van der Waals surface area (Å²) in [6.45, 7) is 4.23. The number of hydrogen-bond acceptors (Lipinski definition) is 2. The molecule has 2 aromatic rings. The van der Waals surface area contributed by atoms with Gasteiger partial charge in [0.1, 0.15) is 0 Å². The van der Waals surface area contributed by atoms with E-state index in [0.29, 0.717) is 19.6 Å². The van der Waals surface area contributed by atoms with Crippen molar-refractivity contribution in [1.29, 1.82) is 0 Å². The molecule has 1 aliphatic rings. The van der Waals surface area contributed by atoms with E-state index >= 15 is 0 Å². The van der Waals surface area contributed by atoms with E-state index in [0.717, 1.165) is 29.4 Å². The maximum absolute atomic E-state index is 12.9. The molecule has 0 aliphatic carbocycles. The van der Waals surface area contributed by atoms with Crippen LogP contribution in [0.2, 0.25) is 0 Å². The Kier molecular flexibility index (Phi) is 3.88. The smallest absolute Gasteiger partial charge is 0.256 e. The number of hydrogen-bond donors (Lipinski definition) is 0. The van der Waals surface area contributed by atoms with Crippen molar-refractivity contribution in [2.75, 3.05) is 26.2 Å². The summed E-state index contributed by atoms with van der Waals surface area (Å²) in [6, 6.07) is 7.95. The van der Waals surface area contributed by atoms with Crippen molar-refractivity contribution in [3.8, 4) is 0 Å². The zero-order valence-corrected chi connectivity index (χ0v) is 13.1. The third kappa shape index (κ3) is 2.58. The Balaban J connectivity index is 1.85. The third-order valence-corrected chi connectivity index (χ3v) is 4.36. The zero-order chi connectivity index (χ0) is 15.7. The molecule has 5 heteroatoms. The molecule has 1 aliphatic heterocycles. The second-order valence-electron chi connectivity index (χ2n) is 5.82. The Bertz CT molecular complexity index is 720. The molecule has 116 valence electrons. The van der Waals surface area contributed by atoms with Gasteiger partial charge in [-0.3, -0.25) is 9.59 Å². The van der Waals surface area contributed by atoms with Crippen molar-refractivity contribution in [3.63, 3.8) is 0 Å². The maximum atomic E-state index is 12.9. The van der Waals surface area contributed by atoms with Crippen LogP contribution in [0.3, 0.4) is 0 Å². The minimum atomic E-state index is 0.0576. The Morgan fingerprint density at radius 2 is 1.68 bits per heavy atom. The predicted octanol–water partition coefficient (Wildman–Crippen LogP) is 1.87. The highest BCUT2D eigenvalue weighted by atomic mass is 16.2. The van der Waals surface area contributed by atoms with Gasteiger partial charge < -0.3 is 14.4 Å². The second-order valence-corrected chi connectivity index (χ2v) is 5.82. The van der Waals surface area contributed by atoms with Crippen LogP contribution in [0.1, 0.15) is 23.7 Å². The van der Waals surface area contributed by atoms with Gasteiger partial charge in [-0.15, -0.1) is 0 Å². The summed E-state index contributed by atoms with van der Waals surface area (Å²) < 4.78 is 1.99. The second kappa shape index (κ2) is 5.83. The number of benzene rings is 1. The molecule has 2 heterocycles. The normalized spacial score (nSPS) is 15.9. The molecule has 3 rings (SSSR count). The van der Waals surface area contributed by atoms with E-state index in [4.69, 9.17) is 0 Å². The van der Waals surface area contributed by atoms with E-state index in [9.17, 15) is 9.59 Å². The molecule has 22 heavy (non-hydrogen) atoms. The highest BCUT2D eigenvalue weighted by Gasteiger charge is 2.23. The van der Waals surface area contributed by atoms with E-state index in [1.165, 1.54) is 0 Å². The number of aryl methyl sites for hydroxylation is 1. The van der Waals surface area contributed by atoms with Crippen LogP contribution in [-0.4, -0.2) is 52.4 Å². The SMILES string of the molecule is CC(=O)N1CCCN(C(=O)c2cn(C)c3ccccc23)CC1. The summed E-state index contributed by atoms with van der Waals surface area (Å²) in [5.41, 5.74) is 1.81.